The fraction of sp³-hybridized carbons (Fsp3) is 0.778. The van der Waals surface area contributed by atoms with E-state index in [0.717, 1.165) is 57.2 Å². The lowest BCUT2D eigenvalue weighted by Gasteiger charge is -2.43. The standard InChI is InChI=1S/C18H28N4OS.2ClH/c1-2-15-12-20-17(24-15)22-9-7-21(8-10-22)16(23)18-6-4-3-5-14(18)11-19-13-18;;/h12,14,19H,2-11,13H2,1H3;2*1H/t14-,18+;;/m0../s1. The average molecular weight is 421 g/mol. The van der Waals surface area contributed by atoms with Crippen molar-refractivity contribution < 1.29 is 4.79 Å². The van der Waals surface area contributed by atoms with Gasteiger partial charge in [0.15, 0.2) is 5.13 Å². The Hall–Kier alpha value is -0.560. The van der Waals surface area contributed by atoms with Gasteiger partial charge in [0.05, 0.1) is 5.41 Å². The minimum Gasteiger partial charge on any atom is -0.345 e. The van der Waals surface area contributed by atoms with Gasteiger partial charge in [0.2, 0.25) is 5.91 Å². The van der Waals surface area contributed by atoms with Crippen molar-refractivity contribution in [1.29, 1.82) is 0 Å². The Balaban J connectivity index is 0.00000121. The SMILES string of the molecule is CCc1cnc(N2CCN(C(=O)[C@@]34CCCC[C@H]3CNC4)CC2)s1.Cl.Cl. The molecule has 0 bridgehead atoms. The molecule has 1 aromatic heterocycles. The molecule has 1 aliphatic carbocycles. The van der Waals surface area contributed by atoms with Crippen LogP contribution in [0.4, 0.5) is 5.13 Å². The monoisotopic (exact) mass is 420 g/mol. The van der Waals surface area contributed by atoms with Crippen molar-refractivity contribution in [2.45, 2.75) is 39.0 Å². The van der Waals surface area contributed by atoms with Crippen LogP contribution in [0.15, 0.2) is 6.20 Å². The molecular weight excluding hydrogens is 391 g/mol. The van der Waals surface area contributed by atoms with E-state index >= 15 is 0 Å². The average Bonchev–Trinajstić information content (AvgIpc) is 3.28. The van der Waals surface area contributed by atoms with Gasteiger partial charge in [0.25, 0.3) is 0 Å². The van der Waals surface area contributed by atoms with Gasteiger partial charge in [-0.2, -0.15) is 0 Å². The van der Waals surface area contributed by atoms with E-state index in [-0.39, 0.29) is 30.2 Å². The number of halogens is 2. The van der Waals surface area contributed by atoms with Gasteiger partial charge in [-0.3, -0.25) is 4.79 Å². The number of nitrogens with zero attached hydrogens (tertiary/aromatic N) is 3. The first kappa shape index (κ1) is 21.7. The van der Waals surface area contributed by atoms with Gasteiger partial charge in [0.1, 0.15) is 0 Å². The molecule has 3 heterocycles. The quantitative estimate of drug-likeness (QED) is 0.816. The van der Waals surface area contributed by atoms with Gasteiger partial charge in [-0.1, -0.05) is 19.8 Å². The summed E-state index contributed by atoms with van der Waals surface area (Å²) in [5.41, 5.74) is -0.100. The summed E-state index contributed by atoms with van der Waals surface area (Å²) in [5.74, 6) is 0.980. The fourth-order valence-electron chi connectivity index (χ4n) is 4.69. The second kappa shape index (κ2) is 9.09. The van der Waals surface area contributed by atoms with Crippen molar-refractivity contribution in [3.05, 3.63) is 11.1 Å². The van der Waals surface area contributed by atoms with Crippen molar-refractivity contribution in [1.82, 2.24) is 15.2 Å². The van der Waals surface area contributed by atoms with Gasteiger partial charge in [-0.05, 0) is 31.7 Å². The van der Waals surface area contributed by atoms with E-state index in [0.29, 0.717) is 11.8 Å². The van der Waals surface area contributed by atoms with E-state index in [1.165, 1.54) is 24.1 Å². The number of fused-ring (bicyclic) bond motifs is 1. The number of rotatable bonds is 3. The molecule has 2 atom stereocenters. The van der Waals surface area contributed by atoms with Crippen LogP contribution in [0.3, 0.4) is 0 Å². The fourth-order valence-corrected chi connectivity index (χ4v) is 5.59. The lowest BCUT2D eigenvalue weighted by molar-refractivity contribution is -0.145. The second-order valence-corrected chi connectivity index (χ2v) is 8.57. The number of anilines is 1. The van der Waals surface area contributed by atoms with E-state index in [9.17, 15) is 4.79 Å². The Morgan fingerprint density at radius 2 is 2.08 bits per heavy atom. The number of carbonyl (C=O) groups excluding carboxylic acids is 1. The van der Waals surface area contributed by atoms with Gasteiger partial charge >= 0.3 is 0 Å². The zero-order valence-electron chi connectivity index (χ0n) is 15.4. The number of thiazole rings is 1. The number of hydrogen-bond acceptors (Lipinski definition) is 5. The zero-order valence-corrected chi connectivity index (χ0v) is 17.9. The maximum Gasteiger partial charge on any atom is 0.230 e. The number of aromatic nitrogens is 1. The molecule has 5 nitrogen and oxygen atoms in total. The highest BCUT2D eigenvalue weighted by atomic mass is 35.5. The van der Waals surface area contributed by atoms with Crippen molar-refractivity contribution in [2.75, 3.05) is 44.2 Å². The summed E-state index contributed by atoms with van der Waals surface area (Å²) in [5, 5.41) is 4.62. The first-order valence-corrected chi connectivity index (χ1v) is 10.2. The van der Waals surface area contributed by atoms with E-state index in [4.69, 9.17) is 0 Å². The molecule has 2 saturated heterocycles. The highest BCUT2D eigenvalue weighted by Crippen LogP contribution is 2.45. The molecule has 4 rings (SSSR count). The zero-order chi connectivity index (χ0) is 16.6. The number of nitrogens with one attached hydrogen (secondary N) is 1. The van der Waals surface area contributed by atoms with Crippen LogP contribution in [0.25, 0.3) is 0 Å². The van der Waals surface area contributed by atoms with Crippen LogP contribution in [-0.4, -0.2) is 55.1 Å². The van der Waals surface area contributed by atoms with Gasteiger partial charge in [-0.15, -0.1) is 36.2 Å². The summed E-state index contributed by atoms with van der Waals surface area (Å²) < 4.78 is 0. The summed E-state index contributed by atoms with van der Waals surface area (Å²) in [7, 11) is 0. The molecule has 1 saturated carbocycles. The summed E-state index contributed by atoms with van der Waals surface area (Å²) in [4.78, 5) is 23.7. The summed E-state index contributed by atoms with van der Waals surface area (Å²) >= 11 is 1.79. The molecule has 3 fully saturated rings. The van der Waals surface area contributed by atoms with Crippen LogP contribution in [-0.2, 0) is 11.2 Å². The van der Waals surface area contributed by atoms with Crippen LogP contribution in [0, 0.1) is 11.3 Å². The molecule has 1 N–H and O–H groups in total. The van der Waals surface area contributed by atoms with Crippen molar-refractivity contribution in [3.8, 4) is 0 Å². The molecule has 1 amide bonds. The Morgan fingerprint density at radius 3 is 2.77 bits per heavy atom. The molecule has 0 unspecified atom stereocenters. The van der Waals surface area contributed by atoms with Crippen molar-refractivity contribution >= 4 is 47.2 Å². The molecular formula is C18H30Cl2N4OS. The van der Waals surface area contributed by atoms with Crippen molar-refractivity contribution in [3.63, 3.8) is 0 Å². The van der Waals surface area contributed by atoms with Crippen LogP contribution in [0.1, 0.15) is 37.5 Å². The van der Waals surface area contributed by atoms with Crippen LogP contribution >= 0.6 is 36.2 Å². The third-order valence-electron chi connectivity index (χ3n) is 6.19. The molecule has 8 heteroatoms. The first-order valence-electron chi connectivity index (χ1n) is 9.43. The minimum atomic E-state index is -0.100. The van der Waals surface area contributed by atoms with Crippen LogP contribution in [0.2, 0.25) is 0 Å². The topological polar surface area (TPSA) is 48.5 Å². The maximum atomic E-state index is 13.3. The number of amides is 1. The van der Waals surface area contributed by atoms with Crippen LogP contribution < -0.4 is 10.2 Å². The lowest BCUT2D eigenvalue weighted by Crippen LogP contribution is -2.56. The van der Waals surface area contributed by atoms with E-state index < -0.39 is 0 Å². The third-order valence-corrected chi connectivity index (χ3v) is 7.39. The summed E-state index contributed by atoms with van der Waals surface area (Å²) in [6, 6.07) is 0. The van der Waals surface area contributed by atoms with Gasteiger partial charge in [-0.25, -0.2) is 4.98 Å². The predicted octanol–water partition coefficient (Wildman–Crippen LogP) is 2.98. The van der Waals surface area contributed by atoms with Gasteiger partial charge < -0.3 is 15.1 Å². The lowest BCUT2D eigenvalue weighted by atomic mass is 9.67. The molecule has 1 aromatic rings. The van der Waals surface area contributed by atoms with E-state index in [2.05, 4.69) is 27.0 Å². The molecule has 3 aliphatic rings. The molecule has 148 valence electrons. The number of aryl methyl sites for hydroxylation is 1. The molecule has 0 radical (unpaired) electrons. The first-order chi connectivity index (χ1) is 11.7. The number of carbonyl (C=O) groups is 1. The molecule has 0 spiro atoms. The Kier molecular flexibility index (Phi) is 7.60. The minimum absolute atomic E-state index is 0. The second-order valence-electron chi connectivity index (χ2n) is 7.47. The Bertz CT molecular complexity index is 606. The molecule has 0 aromatic carbocycles. The van der Waals surface area contributed by atoms with Gasteiger partial charge in [0, 0.05) is 43.8 Å². The molecule has 26 heavy (non-hydrogen) atoms. The largest absolute Gasteiger partial charge is 0.345 e. The summed E-state index contributed by atoms with van der Waals surface area (Å²) in [6.07, 6.45) is 7.84. The maximum absolute atomic E-state index is 13.3. The van der Waals surface area contributed by atoms with E-state index in [1.807, 2.05) is 6.20 Å². The number of piperazine rings is 1. The Labute approximate surface area is 172 Å². The normalized spacial score (nSPS) is 28.1. The predicted molar refractivity (Wildman–Crippen MR) is 112 cm³/mol. The van der Waals surface area contributed by atoms with Crippen LogP contribution in [0.5, 0.6) is 0 Å². The smallest absolute Gasteiger partial charge is 0.230 e. The highest BCUT2D eigenvalue weighted by molar-refractivity contribution is 7.15. The highest BCUT2D eigenvalue weighted by Gasteiger charge is 2.51. The molecule has 2 aliphatic heterocycles. The van der Waals surface area contributed by atoms with Crippen molar-refractivity contribution in [2.24, 2.45) is 11.3 Å². The van der Waals surface area contributed by atoms with E-state index in [1.54, 1.807) is 11.3 Å². The summed E-state index contributed by atoms with van der Waals surface area (Å²) in [6.45, 7) is 7.60. The number of hydrogen-bond donors (Lipinski definition) is 1. The Morgan fingerprint density at radius 1 is 1.31 bits per heavy atom. The third kappa shape index (κ3) is 3.84.